The summed E-state index contributed by atoms with van der Waals surface area (Å²) in [5.41, 5.74) is 0. The van der Waals surface area contributed by atoms with Gasteiger partial charge in [0, 0.05) is 0 Å². The Morgan fingerprint density at radius 1 is 1.43 bits per heavy atom. The molecule has 0 nitrogen and oxygen atoms in total. The largest absolute Gasteiger partial charge is 0.114 e. The summed E-state index contributed by atoms with van der Waals surface area (Å²) in [6.07, 6.45) is 4.31. The van der Waals surface area contributed by atoms with Crippen LogP contribution in [0.3, 0.4) is 0 Å². The van der Waals surface area contributed by atoms with E-state index in [0.717, 1.165) is 6.42 Å². The fourth-order valence-corrected chi connectivity index (χ4v) is 0.204. The van der Waals surface area contributed by atoms with Crippen molar-refractivity contribution in [2.45, 2.75) is 19.8 Å². The first-order valence-corrected chi connectivity index (χ1v) is 2.02. The molecule has 0 aliphatic rings. The Morgan fingerprint density at radius 3 is 1.86 bits per heavy atom. The molecule has 0 aliphatic carbocycles. The van der Waals surface area contributed by atoms with E-state index in [2.05, 4.69) is 13.5 Å². The molecule has 0 radical (unpaired) electrons. The lowest BCUT2D eigenvalue weighted by atomic mass is 10.3. The van der Waals surface area contributed by atoms with Gasteiger partial charge in [0.05, 0.1) is 0 Å². The van der Waals surface area contributed by atoms with E-state index >= 15 is 0 Å². The van der Waals surface area contributed by atoms with Gasteiger partial charge in [-0.25, -0.2) is 0 Å². The van der Waals surface area contributed by atoms with Crippen molar-refractivity contribution in [3.63, 3.8) is 0 Å². The van der Waals surface area contributed by atoms with Gasteiger partial charge in [-0.2, -0.15) is 0 Å². The molecule has 0 saturated heterocycles. The van der Waals surface area contributed by atoms with Crippen LogP contribution in [-0.4, -0.2) is 0 Å². The summed E-state index contributed by atoms with van der Waals surface area (Å²) >= 11 is 0. The van der Waals surface area contributed by atoms with Gasteiger partial charge < -0.3 is 0 Å². The molecule has 0 aromatic heterocycles. The molecule has 2 heteroatoms. The minimum atomic E-state index is 0. The summed E-state index contributed by atoms with van der Waals surface area (Å²) in [6, 6.07) is 0. The maximum atomic E-state index is 3.55. The Labute approximate surface area is 66.5 Å². The highest BCUT2D eigenvalue weighted by Crippen LogP contribution is 1.82. The zero-order valence-electron chi connectivity index (χ0n) is 4.52. The van der Waals surface area contributed by atoms with Gasteiger partial charge in [0.2, 0.25) is 0 Å². The third-order valence-corrected chi connectivity index (χ3v) is 0.493. The second-order valence-electron chi connectivity index (χ2n) is 1.08. The number of unbranched alkanes of at least 4 members (excludes halogenated alkanes) is 1. The van der Waals surface area contributed by atoms with Gasteiger partial charge in [-0.05, 0) is 6.42 Å². The van der Waals surface area contributed by atoms with E-state index in [9.17, 15) is 0 Å². The van der Waals surface area contributed by atoms with Crippen LogP contribution >= 0.6 is 34.0 Å². The van der Waals surface area contributed by atoms with Gasteiger partial charge in [-0.15, -0.1) is 40.5 Å². The normalized spacial score (nSPS) is 5.29. The summed E-state index contributed by atoms with van der Waals surface area (Å²) in [4.78, 5) is 0. The van der Waals surface area contributed by atoms with Crippen LogP contribution in [0.15, 0.2) is 12.7 Å². The van der Waals surface area contributed by atoms with Crippen molar-refractivity contribution in [2.75, 3.05) is 0 Å². The predicted molar refractivity (Wildman–Crippen MR) is 45.7 cm³/mol. The molecule has 7 heavy (non-hydrogen) atoms. The van der Waals surface area contributed by atoms with Crippen molar-refractivity contribution in [1.82, 2.24) is 0 Å². The second-order valence-corrected chi connectivity index (χ2v) is 1.08. The van der Waals surface area contributed by atoms with Crippen LogP contribution < -0.4 is 0 Å². The first-order chi connectivity index (χ1) is 2.41. The standard InChI is InChI=1S/C5H10.2BrH/c1-3-5-4-2;;/h3H,1,4-5H2,2H3;2*1H. The average Bonchev–Trinajstić information content (AvgIpc) is 1.41. The van der Waals surface area contributed by atoms with Crippen LogP contribution in [0, 0.1) is 0 Å². The van der Waals surface area contributed by atoms with Gasteiger partial charge in [0.1, 0.15) is 0 Å². The number of halogens is 2. The van der Waals surface area contributed by atoms with Crippen LogP contribution in [0.5, 0.6) is 0 Å². The molecule has 0 heterocycles. The molecule has 0 spiro atoms. The molecular formula is C5H12Br2. The van der Waals surface area contributed by atoms with Crippen molar-refractivity contribution in [3.05, 3.63) is 12.7 Å². The quantitative estimate of drug-likeness (QED) is 0.641. The van der Waals surface area contributed by atoms with E-state index in [0.29, 0.717) is 0 Å². The molecule has 0 aliphatic heterocycles. The fraction of sp³-hybridized carbons (Fsp3) is 0.600. The number of hydrogen-bond acceptors (Lipinski definition) is 0. The maximum absolute atomic E-state index is 3.55. The minimum Gasteiger partial charge on any atom is -0.114 e. The summed E-state index contributed by atoms with van der Waals surface area (Å²) in [7, 11) is 0. The van der Waals surface area contributed by atoms with Crippen LogP contribution in [-0.2, 0) is 0 Å². The highest BCUT2D eigenvalue weighted by atomic mass is 79.9. The van der Waals surface area contributed by atoms with Crippen molar-refractivity contribution >= 4 is 34.0 Å². The monoisotopic (exact) mass is 230 g/mol. The van der Waals surface area contributed by atoms with E-state index in [1.54, 1.807) is 0 Å². The molecule has 0 atom stereocenters. The Balaban J connectivity index is -0.0000000800. The van der Waals surface area contributed by atoms with Crippen LogP contribution in [0.1, 0.15) is 19.8 Å². The van der Waals surface area contributed by atoms with Crippen LogP contribution in [0.4, 0.5) is 0 Å². The van der Waals surface area contributed by atoms with Gasteiger partial charge in [-0.1, -0.05) is 19.4 Å². The Morgan fingerprint density at radius 2 is 1.86 bits per heavy atom. The third-order valence-electron chi connectivity index (χ3n) is 0.493. The topological polar surface area (TPSA) is 0 Å². The van der Waals surface area contributed by atoms with Crippen LogP contribution in [0.25, 0.3) is 0 Å². The van der Waals surface area contributed by atoms with E-state index in [1.165, 1.54) is 6.42 Å². The number of rotatable bonds is 2. The van der Waals surface area contributed by atoms with E-state index in [1.807, 2.05) is 6.08 Å². The molecular weight excluding hydrogens is 220 g/mol. The molecule has 0 aromatic rings. The zero-order chi connectivity index (χ0) is 4.12. The molecule has 0 bridgehead atoms. The Kier molecular flexibility index (Phi) is 35.5. The summed E-state index contributed by atoms with van der Waals surface area (Å²) in [5, 5.41) is 0. The predicted octanol–water partition coefficient (Wildman–Crippen LogP) is 3.13. The van der Waals surface area contributed by atoms with Crippen molar-refractivity contribution in [1.29, 1.82) is 0 Å². The molecule has 0 rings (SSSR count). The lowest BCUT2D eigenvalue weighted by Gasteiger charge is -1.72. The maximum Gasteiger partial charge on any atom is -0.0356 e. The van der Waals surface area contributed by atoms with Gasteiger partial charge in [-0.3, -0.25) is 0 Å². The minimum absolute atomic E-state index is 0. The number of allylic oxidation sites excluding steroid dienone is 1. The first-order valence-electron chi connectivity index (χ1n) is 2.02. The molecule has 0 N–H and O–H groups in total. The van der Waals surface area contributed by atoms with Crippen LogP contribution in [0.2, 0.25) is 0 Å². The Bertz CT molecular complexity index is 27.3. The van der Waals surface area contributed by atoms with Crippen molar-refractivity contribution < 1.29 is 0 Å². The molecule has 0 saturated carbocycles. The van der Waals surface area contributed by atoms with Gasteiger partial charge in [0.15, 0.2) is 0 Å². The average molecular weight is 232 g/mol. The molecule has 46 valence electrons. The fourth-order valence-electron chi connectivity index (χ4n) is 0.204. The van der Waals surface area contributed by atoms with E-state index in [-0.39, 0.29) is 34.0 Å². The molecule has 0 amide bonds. The second kappa shape index (κ2) is 15.9. The van der Waals surface area contributed by atoms with Gasteiger partial charge in [0.25, 0.3) is 0 Å². The van der Waals surface area contributed by atoms with Gasteiger partial charge >= 0.3 is 0 Å². The molecule has 0 aromatic carbocycles. The van der Waals surface area contributed by atoms with Crippen molar-refractivity contribution in [3.8, 4) is 0 Å². The van der Waals surface area contributed by atoms with E-state index in [4.69, 9.17) is 0 Å². The lowest BCUT2D eigenvalue weighted by Crippen LogP contribution is -1.52. The number of hydrogen-bond donors (Lipinski definition) is 0. The summed E-state index contributed by atoms with van der Waals surface area (Å²) < 4.78 is 0. The molecule has 0 fully saturated rings. The first kappa shape index (κ1) is 15.6. The zero-order valence-corrected chi connectivity index (χ0v) is 7.94. The van der Waals surface area contributed by atoms with E-state index < -0.39 is 0 Å². The van der Waals surface area contributed by atoms with Crippen molar-refractivity contribution in [2.24, 2.45) is 0 Å². The third kappa shape index (κ3) is 20.3. The Hall–Kier alpha value is 0.700. The summed E-state index contributed by atoms with van der Waals surface area (Å²) in [6.45, 7) is 5.69. The highest BCUT2D eigenvalue weighted by molar-refractivity contribution is 8.93. The SMILES string of the molecule is Br.Br.C=CCCC. The lowest BCUT2D eigenvalue weighted by molar-refractivity contribution is 0.961. The smallest absolute Gasteiger partial charge is 0.0356 e. The summed E-state index contributed by atoms with van der Waals surface area (Å²) in [5.74, 6) is 0. The highest BCUT2D eigenvalue weighted by Gasteiger charge is 1.61. The molecule has 0 unspecified atom stereocenters.